The molecule has 2 N–H and O–H groups in total. The van der Waals surface area contributed by atoms with Crippen LogP contribution in [0.3, 0.4) is 0 Å². The molecule has 7 nitrogen and oxygen atoms in total. The smallest absolute Gasteiger partial charge is 0.335 e. The van der Waals surface area contributed by atoms with E-state index in [1.54, 1.807) is 19.2 Å². The fraction of sp³-hybridized carbons (Fsp3) is 0.483. The first-order chi connectivity index (χ1) is 17.5. The Hall–Kier alpha value is -3.03. The number of H-pyrrole nitrogens is 1. The van der Waals surface area contributed by atoms with E-state index in [-0.39, 0.29) is 17.7 Å². The molecule has 0 spiro atoms. The molecule has 0 saturated carbocycles. The number of fused-ring (bicyclic) bond motifs is 5. The molecule has 36 heavy (non-hydrogen) atoms. The van der Waals surface area contributed by atoms with E-state index in [1.165, 1.54) is 5.39 Å². The number of likely N-dealkylation sites (tertiary alicyclic amines) is 1. The third kappa shape index (κ3) is 5.08. The van der Waals surface area contributed by atoms with Crippen molar-refractivity contribution in [3.8, 4) is 11.5 Å². The average Bonchev–Trinajstić information content (AvgIpc) is 3.38. The normalized spacial score (nSPS) is 21.5. The van der Waals surface area contributed by atoms with Crippen LogP contribution in [0.2, 0.25) is 0 Å². The number of piperidine rings is 1. The number of carbonyl (C=O) groups is 1. The molecular formula is C29H36N2O5. The summed E-state index contributed by atoms with van der Waals surface area (Å²) < 4.78 is 18.4. The van der Waals surface area contributed by atoms with E-state index in [1.807, 2.05) is 12.3 Å². The zero-order valence-corrected chi connectivity index (χ0v) is 21.2. The first kappa shape index (κ1) is 24.7. The summed E-state index contributed by atoms with van der Waals surface area (Å²) in [6.07, 6.45) is 8.16. The van der Waals surface area contributed by atoms with E-state index < -0.39 is 5.97 Å². The first-order valence-electron chi connectivity index (χ1n) is 13.0. The van der Waals surface area contributed by atoms with Crippen molar-refractivity contribution in [2.75, 3.05) is 26.9 Å². The molecule has 3 aromatic rings. The Kier molecular flexibility index (Phi) is 7.48. The SMILES string of the molecule is COc1cc(C)c2[nH]ccc2c1CN1CC[C@H]2C[C@H]1c1ccc(C(=O)O)cc1OCCCCCCO2. The highest BCUT2D eigenvalue weighted by atomic mass is 16.5. The lowest BCUT2D eigenvalue weighted by Crippen LogP contribution is -2.39. The molecule has 0 unspecified atom stereocenters. The van der Waals surface area contributed by atoms with Gasteiger partial charge in [0.1, 0.15) is 11.5 Å². The minimum Gasteiger partial charge on any atom is -0.496 e. The fourth-order valence-electron chi connectivity index (χ4n) is 5.69. The number of carboxylic acids is 1. The number of aromatic nitrogens is 1. The van der Waals surface area contributed by atoms with Gasteiger partial charge in [-0.25, -0.2) is 4.79 Å². The lowest BCUT2D eigenvalue weighted by Gasteiger charge is -2.40. The molecule has 5 rings (SSSR count). The van der Waals surface area contributed by atoms with Gasteiger partial charge >= 0.3 is 5.97 Å². The number of carboxylic acid groups (broad SMARTS) is 1. The first-order valence-corrected chi connectivity index (χ1v) is 13.0. The van der Waals surface area contributed by atoms with Gasteiger partial charge in [-0.3, -0.25) is 4.90 Å². The van der Waals surface area contributed by atoms with Gasteiger partial charge in [0.25, 0.3) is 0 Å². The van der Waals surface area contributed by atoms with Crippen LogP contribution < -0.4 is 9.47 Å². The third-order valence-electron chi connectivity index (χ3n) is 7.63. The highest BCUT2D eigenvalue weighted by Crippen LogP contribution is 2.41. The summed E-state index contributed by atoms with van der Waals surface area (Å²) in [5, 5.41) is 10.8. The minimum atomic E-state index is -0.940. The zero-order chi connectivity index (χ0) is 25.1. The van der Waals surface area contributed by atoms with Gasteiger partial charge in [-0.15, -0.1) is 0 Å². The van der Waals surface area contributed by atoms with Crippen LogP contribution >= 0.6 is 0 Å². The summed E-state index contributed by atoms with van der Waals surface area (Å²) in [4.78, 5) is 17.6. The van der Waals surface area contributed by atoms with Gasteiger partial charge in [0.15, 0.2) is 0 Å². The largest absolute Gasteiger partial charge is 0.496 e. The summed E-state index contributed by atoms with van der Waals surface area (Å²) in [7, 11) is 1.73. The summed E-state index contributed by atoms with van der Waals surface area (Å²) in [6, 6.07) is 9.60. The van der Waals surface area contributed by atoms with E-state index in [0.717, 1.165) is 86.2 Å². The van der Waals surface area contributed by atoms with Gasteiger partial charge in [0, 0.05) is 54.0 Å². The molecule has 0 amide bonds. The van der Waals surface area contributed by atoms with Gasteiger partial charge in [-0.2, -0.15) is 0 Å². The quantitative estimate of drug-likeness (QED) is 0.475. The Morgan fingerprint density at radius 1 is 1.17 bits per heavy atom. The van der Waals surface area contributed by atoms with Crippen LogP contribution in [-0.4, -0.2) is 53.9 Å². The van der Waals surface area contributed by atoms with E-state index >= 15 is 0 Å². The van der Waals surface area contributed by atoms with E-state index in [9.17, 15) is 9.90 Å². The fourth-order valence-corrected chi connectivity index (χ4v) is 5.69. The molecule has 3 heterocycles. The number of aromatic carboxylic acids is 1. The second kappa shape index (κ2) is 10.9. The maximum Gasteiger partial charge on any atom is 0.335 e. The number of aryl methyl sites for hydroxylation is 1. The van der Waals surface area contributed by atoms with Crippen LogP contribution in [0.25, 0.3) is 10.9 Å². The topological polar surface area (TPSA) is 84.0 Å². The molecule has 7 heteroatoms. The number of benzene rings is 2. The molecule has 0 aliphatic carbocycles. The number of hydrogen-bond donors (Lipinski definition) is 2. The van der Waals surface area contributed by atoms with Crippen molar-refractivity contribution in [1.29, 1.82) is 0 Å². The minimum absolute atomic E-state index is 0.0438. The molecule has 1 fully saturated rings. The lowest BCUT2D eigenvalue weighted by atomic mass is 9.91. The van der Waals surface area contributed by atoms with Crippen molar-refractivity contribution >= 4 is 16.9 Å². The molecule has 192 valence electrons. The van der Waals surface area contributed by atoms with Gasteiger partial charge in [0.2, 0.25) is 0 Å². The standard InChI is InChI=1S/C29H36N2O5/c1-19-15-26(34-2)24(22-9-11-30-28(19)22)18-31-12-10-21-17-25(31)23-8-7-20(29(32)33)16-27(23)36-14-6-4-3-5-13-35-21/h7-9,11,15-16,21,25,30H,3-6,10,12-14,17-18H2,1-2H3,(H,32,33)/t21-,25-/m0/s1. The van der Waals surface area contributed by atoms with Crippen molar-refractivity contribution < 1.29 is 24.1 Å². The molecule has 1 aromatic heterocycles. The molecule has 2 aliphatic heterocycles. The maximum absolute atomic E-state index is 11.7. The number of rotatable bonds is 4. The van der Waals surface area contributed by atoms with Crippen molar-refractivity contribution in [3.63, 3.8) is 0 Å². The second-order valence-corrected chi connectivity index (χ2v) is 9.96. The number of nitrogens with zero attached hydrogens (tertiary/aromatic N) is 1. The van der Waals surface area contributed by atoms with E-state index in [4.69, 9.17) is 14.2 Å². The predicted octanol–water partition coefficient (Wildman–Crippen LogP) is 5.86. The number of nitrogens with one attached hydrogen (secondary N) is 1. The van der Waals surface area contributed by atoms with Crippen molar-refractivity contribution in [2.45, 2.75) is 64.1 Å². The van der Waals surface area contributed by atoms with E-state index in [2.05, 4.69) is 28.9 Å². The van der Waals surface area contributed by atoms with Gasteiger partial charge in [0.05, 0.1) is 25.4 Å². The van der Waals surface area contributed by atoms with Crippen molar-refractivity contribution in [2.24, 2.45) is 0 Å². The Morgan fingerprint density at radius 3 is 2.81 bits per heavy atom. The van der Waals surface area contributed by atoms with Crippen LogP contribution in [0.1, 0.15) is 71.6 Å². The highest BCUT2D eigenvalue weighted by molar-refractivity contribution is 5.89. The number of ether oxygens (including phenoxy) is 3. The van der Waals surface area contributed by atoms with Crippen molar-refractivity contribution in [1.82, 2.24) is 9.88 Å². The summed E-state index contributed by atoms with van der Waals surface area (Å²) in [5.41, 5.74) is 4.73. The molecular weight excluding hydrogens is 456 g/mol. The molecule has 2 aromatic carbocycles. The van der Waals surface area contributed by atoms with Crippen LogP contribution in [-0.2, 0) is 11.3 Å². The van der Waals surface area contributed by atoms with Crippen molar-refractivity contribution in [3.05, 3.63) is 58.8 Å². The zero-order valence-electron chi connectivity index (χ0n) is 21.2. The summed E-state index contributed by atoms with van der Waals surface area (Å²) >= 11 is 0. The molecule has 2 aliphatic rings. The maximum atomic E-state index is 11.7. The van der Waals surface area contributed by atoms with Crippen LogP contribution in [0, 0.1) is 6.92 Å². The Bertz CT molecular complexity index is 1220. The average molecular weight is 493 g/mol. The highest BCUT2D eigenvalue weighted by Gasteiger charge is 2.33. The monoisotopic (exact) mass is 492 g/mol. The van der Waals surface area contributed by atoms with Crippen LogP contribution in [0.4, 0.5) is 0 Å². The predicted molar refractivity (Wildman–Crippen MR) is 139 cm³/mol. The molecule has 0 radical (unpaired) electrons. The third-order valence-corrected chi connectivity index (χ3v) is 7.63. The van der Waals surface area contributed by atoms with Gasteiger partial charge in [-0.05, 0) is 68.9 Å². The molecule has 1 saturated heterocycles. The number of aromatic amines is 1. The van der Waals surface area contributed by atoms with Crippen LogP contribution in [0.15, 0.2) is 36.5 Å². The van der Waals surface area contributed by atoms with Crippen LogP contribution in [0.5, 0.6) is 11.5 Å². The second-order valence-electron chi connectivity index (χ2n) is 9.96. The number of methoxy groups -OCH3 is 1. The Balaban J connectivity index is 1.54. The Labute approximate surface area is 212 Å². The van der Waals surface area contributed by atoms with Gasteiger partial charge < -0.3 is 24.3 Å². The summed E-state index contributed by atoms with van der Waals surface area (Å²) in [5.74, 6) is 0.623. The lowest BCUT2D eigenvalue weighted by molar-refractivity contribution is -0.0203. The summed E-state index contributed by atoms with van der Waals surface area (Å²) in [6.45, 7) is 5.06. The molecule has 2 bridgehead atoms. The van der Waals surface area contributed by atoms with E-state index in [0.29, 0.717) is 12.4 Å². The number of hydrogen-bond acceptors (Lipinski definition) is 5. The molecule has 2 atom stereocenters. The van der Waals surface area contributed by atoms with Gasteiger partial charge in [-0.1, -0.05) is 12.5 Å². The Morgan fingerprint density at radius 2 is 2.00 bits per heavy atom.